The maximum absolute atomic E-state index is 12.8. The third kappa shape index (κ3) is 3.09. The molecule has 0 aliphatic carbocycles. The summed E-state index contributed by atoms with van der Waals surface area (Å²) in [4.78, 5) is 25.3. The van der Waals surface area contributed by atoms with Gasteiger partial charge in [-0.2, -0.15) is 0 Å². The van der Waals surface area contributed by atoms with E-state index in [1.807, 2.05) is 0 Å². The number of ether oxygens (including phenoxy) is 2. The fourth-order valence-electron chi connectivity index (χ4n) is 4.73. The van der Waals surface area contributed by atoms with Gasteiger partial charge in [-0.05, 0) is 33.3 Å². The molecule has 0 bridgehead atoms. The van der Waals surface area contributed by atoms with E-state index in [1.54, 1.807) is 0 Å². The van der Waals surface area contributed by atoms with Gasteiger partial charge in [0.2, 0.25) is 0 Å². The van der Waals surface area contributed by atoms with Crippen molar-refractivity contribution >= 4 is 11.9 Å². The van der Waals surface area contributed by atoms with Crippen LogP contribution in [0.3, 0.4) is 0 Å². The maximum atomic E-state index is 12.8. The minimum absolute atomic E-state index is 0.0199. The van der Waals surface area contributed by atoms with Crippen molar-refractivity contribution in [2.45, 2.75) is 70.3 Å². The molecule has 3 aliphatic rings. The molecule has 6 atom stereocenters. The number of rotatable bonds is 3. The molecule has 3 aliphatic heterocycles. The monoisotopic (exact) mass is 382 g/mol. The first-order chi connectivity index (χ1) is 12.6. The molecule has 3 heterocycles. The zero-order chi connectivity index (χ0) is 20.0. The van der Waals surface area contributed by atoms with Crippen molar-refractivity contribution in [1.82, 2.24) is 0 Å². The van der Waals surface area contributed by atoms with Gasteiger partial charge in [-0.3, -0.25) is 4.79 Å². The highest BCUT2D eigenvalue weighted by molar-refractivity contribution is 5.83. The molecule has 7 heteroatoms. The Kier molecular flexibility index (Phi) is 5.16. The Hall–Kier alpha value is -1.44. The fraction of sp³-hybridized carbons (Fsp3) is 0.800. The van der Waals surface area contributed by atoms with Crippen LogP contribution in [-0.2, 0) is 19.1 Å². The standard InChI is InChI=1S/C20H32NO6/c1-5-6-9-21-10-7-14-12-26-18(23)20(4,25)19(3,24)13(2)17(22)27-15(8-11-21)16(14)21/h7,13,15-16,24-25H,5-6,8-12H2,1-4H3/q+1/t13-,15-,16+,19+,20-,21?/m1/s1. The number of carbonyl (C=O) groups is 2. The van der Waals surface area contributed by atoms with Crippen molar-refractivity contribution < 1.29 is 33.8 Å². The number of aliphatic hydroxyl groups is 2. The highest BCUT2D eigenvalue weighted by Crippen LogP contribution is 2.41. The van der Waals surface area contributed by atoms with E-state index >= 15 is 0 Å². The average Bonchev–Trinajstić information content (AvgIpc) is 3.14. The van der Waals surface area contributed by atoms with Gasteiger partial charge in [0.1, 0.15) is 12.2 Å². The lowest BCUT2D eigenvalue weighted by atomic mass is 9.76. The number of cyclic esters (lactones) is 1. The summed E-state index contributed by atoms with van der Waals surface area (Å²) in [5.74, 6) is -2.60. The van der Waals surface area contributed by atoms with E-state index < -0.39 is 29.1 Å². The number of esters is 2. The van der Waals surface area contributed by atoms with Gasteiger partial charge >= 0.3 is 11.9 Å². The van der Waals surface area contributed by atoms with Gasteiger partial charge in [0.05, 0.1) is 25.6 Å². The lowest BCUT2D eigenvalue weighted by Gasteiger charge is -2.39. The highest BCUT2D eigenvalue weighted by atomic mass is 16.6. The molecule has 27 heavy (non-hydrogen) atoms. The zero-order valence-electron chi connectivity index (χ0n) is 16.7. The predicted octanol–water partition coefficient (Wildman–Crippen LogP) is 0.922. The third-order valence-electron chi connectivity index (χ3n) is 7.07. The van der Waals surface area contributed by atoms with Gasteiger partial charge in [0, 0.05) is 12.0 Å². The van der Waals surface area contributed by atoms with Crippen LogP contribution in [0.2, 0.25) is 0 Å². The van der Waals surface area contributed by atoms with Gasteiger partial charge in [-0.25, -0.2) is 4.79 Å². The molecule has 0 aromatic heterocycles. The molecule has 2 N–H and O–H groups in total. The van der Waals surface area contributed by atoms with Crippen molar-refractivity contribution in [3.8, 4) is 0 Å². The number of hydrogen-bond acceptors (Lipinski definition) is 6. The SMILES string of the molecule is CCCC[N+]12CC=C3COC(=O)[C@@](C)(O)[C@@](C)(O)[C@H](C)C(=O)O[C@H](CC1)[C@H]32. The zero-order valence-corrected chi connectivity index (χ0v) is 16.7. The quantitative estimate of drug-likeness (QED) is 0.428. The second kappa shape index (κ2) is 6.87. The Balaban J connectivity index is 1.95. The largest absolute Gasteiger partial charge is 0.459 e. The van der Waals surface area contributed by atoms with Crippen LogP contribution < -0.4 is 0 Å². The van der Waals surface area contributed by atoms with Crippen LogP contribution in [-0.4, -0.2) is 76.2 Å². The molecular weight excluding hydrogens is 350 g/mol. The number of carbonyl (C=O) groups excluding carboxylic acids is 2. The van der Waals surface area contributed by atoms with Crippen LogP contribution in [0.5, 0.6) is 0 Å². The first-order valence-electron chi connectivity index (χ1n) is 9.94. The van der Waals surface area contributed by atoms with Gasteiger partial charge < -0.3 is 24.2 Å². The summed E-state index contributed by atoms with van der Waals surface area (Å²) in [5, 5.41) is 21.5. The Morgan fingerprint density at radius 2 is 2.00 bits per heavy atom. The van der Waals surface area contributed by atoms with Crippen LogP contribution in [0.15, 0.2) is 11.6 Å². The molecule has 0 radical (unpaired) electrons. The highest BCUT2D eigenvalue weighted by Gasteiger charge is 2.59. The summed E-state index contributed by atoms with van der Waals surface area (Å²) >= 11 is 0. The number of unbranched alkanes of at least 4 members (excludes halogenated alkanes) is 1. The van der Waals surface area contributed by atoms with Crippen molar-refractivity contribution in [3.63, 3.8) is 0 Å². The molecule has 152 valence electrons. The van der Waals surface area contributed by atoms with E-state index in [0.29, 0.717) is 0 Å². The first kappa shape index (κ1) is 20.3. The number of hydrogen-bond donors (Lipinski definition) is 2. The van der Waals surface area contributed by atoms with E-state index in [4.69, 9.17) is 9.47 Å². The number of quaternary nitrogens is 1. The van der Waals surface area contributed by atoms with Crippen molar-refractivity contribution in [2.75, 3.05) is 26.2 Å². The van der Waals surface area contributed by atoms with Gasteiger partial charge in [0.25, 0.3) is 0 Å². The lowest BCUT2D eigenvalue weighted by Crippen LogP contribution is -2.61. The molecule has 0 aromatic rings. The lowest BCUT2D eigenvalue weighted by molar-refractivity contribution is -0.925. The summed E-state index contributed by atoms with van der Waals surface area (Å²) in [6, 6.07) is -0.0199. The van der Waals surface area contributed by atoms with E-state index in [-0.39, 0.29) is 18.8 Å². The Morgan fingerprint density at radius 3 is 2.67 bits per heavy atom. The van der Waals surface area contributed by atoms with Crippen LogP contribution in [0.4, 0.5) is 0 Å². The third-order valence-corrected chi connectivity index (χ3v) is 7.07. The smallest absolute Gasteiger partial charge is 0.341 e. The Bertz CT molecular complexity index is 655. The van der Waals surface area contributed by atoms with Gasteiger partial charge in [-0.15, -0.1) is 0 Å². The summed E-state index contributed by atoms with van der Waals surface area (Å²) in [5.41, 5.74) is -3.29. The maximum Gasteiger partial charge on any atom is 0.341 e. The van der Waals surface area contributed by atoms with E-state index in [2.05, 4.69) is 13.0 Å². The fourth-order valence-corrected chi connectivity index (χ4v) is 4.73. The molecule has 7 nitrogen and oxygen atoms in total. The minimum atomic E-state index is -2.22. The summed E-state index contributed by atoms with van der Waals surface area (Å²) < 4.78 is 12.1. The van der Waals surface area contributed by atoms with Crippen molar-refractivity contribution in [2.24, 2.45) is 5.92 Å². The normalized spacial score (nSPS) is 44.8. The Morgan fingerprint density at radius 1 is 1.30 bits per heavy atom. The molecule has 1 unspecified atom stereocenters. The molecular formula is C20H32NO6+. The van der Waals surface area contributed by atoms with E-state index in [9.17, 15) is 19.8 Å². The molecule has 0 amide bonds. The molecule has 2 saturated heterocycles. The molecule has 0 spiro atoms. The van der Waals surface area contributed by atoms with E-state index in [0.717, 1.165) is 49.0 Å². The first-order valence-corrected chi connectivity index (χ1v) is 9.94. The van der Waals surface area contributed by atoms with Crippen molar-refractivity contribution in [1.29, 1.82) is 0 Å². The second-order valence-electron chi connectivity index (χ2n) is 8.71. The molecule has 3 rings (SSSR count). The summed E-state index contributed by atoms with van der Waals surface area (Å²) in [6.07, 6.45) is 4.70. The molecule has 0 saturated carbocycles. The van der Waals surface area contributed by atoms with E-state index in [1.165, 1.54) is 20.8 Å². The van der Waals surface area contributed by atoms with Crippen LogP contribution in [0.25, 0.3) is 0 Å². The predicted molar refractivity (Wildman–Crippen MR) is 97.5 cm³/mol. The minimum Gasteiger partial charge on any atom is -0.459 e. The summed E-state index contributed by atoms with van der Waals surface area (Å²) in [7, 11) is 0. The summed E-state index contributed by atoms with van der Waals surface area (Å²) in [6.45, 7) is 8.88. The van der Waals surface area contributed by atoms with Gasteiger partial charge in [-0.1, -0.05) is 13.3 Å². The topological polar surface area (TPSA) is 93.1 Å². The van der Waals surface area contributed by atoms with Crippen molar-refractivity contribution in [3.05, 3.63) is 11.6 Å². The van der Waals surface area contributed by atoms with Crippen LogP contribution >= 0.6 is 0 Å². The number of nitrogens with zero attached hydrogens (tertiary/aromatic N) is 1. The van der Waals surface area contributed by atoms with Crippen LogP contribution in [0.1, 0.15) is 47.0 Å². The Labute approximate surface area is 160 Å². The molecule has 0 aromatic carbocycles. The molecule has 2 fully saturated rings. The van der Waals surface area contributed by atoms with Crippen LogP contribution in [0, 0.1) is 5.92 Å². The van der Waals surface area contributed by atoms with Gasteiger partial charge in [0.15, 0.2) is 17.7 Å². The average molecular weight is 382 g/mol. The second-order valence-corrected chi connectivity index (χ2v) is 8.71.